The topological polar surface area (TPSA) is 113 Å². The summed E-state index contributed by atoms with van der Waals surface area (Å²) in [5.41, 5.74) is 6.73. The Morgan fingerprint density at radius 2 is 2.00 bits per heavy atom. The summed E-state index contributed by atoms with van der Waals surface area (Å²) in [5.74, 6) is -0.0505. The maximum Gasteiger partial charge on any atom is 0.240 e. The van der Waals surface area contributed by atoms with Crippen molar-refractivity contribution in [1.82, 2.24) is 10.0 Å². The summed E-state index contributed by atoms with van der Waals surface area (Å²) in [6.45, 7) is 4.20. The number of hydrogen-bond donors (Lipinski definition) is 4. The minimum Gasteiger partial charge on any atom is -0.397 e. The van der Waals surface area contributed by atoms with Gasteiger partial charge in [0.05, 0.1) is 16.3 Å². The maximum atomic E-state index is 11.6. The van der Waals surface area contributed by atoms with E-state index < -0.39 is 10.0 Å². The zero-order chi connectivity index (χ0) is 16.0. The number of benzene rings is 1. The van der Waals surface area contributed by atoms with Gasteiger partial charge in [-0.05, 0) is 39.1 Å². The fraction of sp³-hybridized carbons (Fsp3) is 0.462. The number of rotatable bonds is 7. The number of nitrogens with two attached hydrogens (primary N) is 1. The van der Waals surface area contributed by atoms with E-state index in [0.717, 1.165) is 0 Å². The molecule has 0 spiro atoms. The lowest BCUT2D eigenvalue weighted by Crippen LogP contribution is -2.31. The van der Waals surface area contributed by atoms with Crippen molar-refractivity contribution < 1.29 is 13.2 Å². The SMILES string of the molecule is CNS(=O)(=O)c1ccc(NCCC(=O)NC(C)C)c(N)c1. The highest BCUT2D eigenvalue weighted by Gasteiger charge is 2.13. The van der Waals surface area contributed by atoms with Crippen LogP contribution in [0.2, 0.25) is 0 Å². The fourth-order valence-corrected chi connectivity index (χ4v) is 2.46. The Hall–Kier alpha value is -1.80. The average Bonchev–Trinajstić information content (AvgIpc) is 2.39. The molecule has 0 aliphatic carbocycles. The lowest BCUT2D eigenvalue weighted by atomic mass is 10.2. The normalized spacial score (nSPS) is 11.4. The minimum atomic E-state index is -3.51. The zero-order valence-corrected chi connectivity index (χ0v) is 13.3. The number of carbonyl (C=O) groups is 1. The number of nitrogens with one attached hydrogen (secondary N) is 3. The second-order valence-electron chi connectivity index (χ2n) is 4.86. The minimum absolute atomic E-state index is 0.0505. The first kappa shape index (κ1) is 17.3. The molecule has 21 heavy (non-hydrogen) atoms. The number of anilines is 2. The Morgan fingerprint density at radius 3 is 2.52 bits per heavy atom. The van der Waals surface area contributed by atoms with Crippen LogP contribution in [0, 0.1) is 0 Å². The maximum absolute atomic E-state index is 11.6. The van der Waals surface area contributed by atoms with Gasteiger partial charge in [0.1, 0.15) is 0 Å². The van der Waals surface area contributed by atoms with Crippen LogP contribution in [0.3, 0.4) is 0 Å². The van der Waals surface area contributed by atoms with Crippen LogP contribution in [-0.4, -0.2) is 34.0 Å². The molecule has 0 bridgehead atoms. The summed E-state index contributed by atoms with van der Waals surface area (Å²) in [6, 6.07) is 4.52. The molecule has 0 saturated heterocycles. The molecule has 0 aromatic heterocycles. The van der Waals surface area contributed by atoms with Crippen LogP contribution in [0.15, 0.2) is 23.1 Å². The quantitative estimate of drug-likeness (QED) is 0.547. The van der Waals surface area contributed by atoms with E-state index in [1.807, 2.05) is 13.8 Å². The average molecular weight is 314 g/mol. The van der Waals surface area contributed by atoms with Crippen molar-refractivity contribution in [1.29, 1.82) is 0 Å². The lowest BCUT2D eigenvalue weighted by Gasteiger charge is -2.12. The third kappa shape index (κ3) is 5.24. The third-order valence-electron chi connectivity index (χ3n) is 2.72. The van der Waals surface area contributed by atoms with Gasteiger partial charge < -0.3 is 16.4 Å². The van der Waals surface area contributed by atoms with Crippen molar-refractivity contribution >= 4 is 27.3 Å². The standard InChI is InChI=1S/C13H22N4O3S/c1-9(2)17-13(18)6-7-16-12-5-4-10(8-11(12)14)21(19,20)15-3/h4-5,8-9,15-16H,6-7,14H2,1-3H3,(H,17,18). The molecule has 1 rings (SSSR count). The number of carbonyl (C=O) groups excluding carboxylic acids is 1. The highest BCUT2D eigenvalue weighted by molar-refractivity contribution is 7.89. The van der Waals surface area contributed by atoms with E-state index in [4.69, 9.17) is 5.73 Å². The molecule has 8 heteroatoms. The largest absolute Gasteiger partial charge is 0.397 e. The van der Waals surface area contributed by atoms with Gasteiger partial charge >= 0.3 is 0 Å². The molecule has 1 amide bonds. The van der Waals surface area contributed by atoms with E-state index in [0.29, 0.717) is 24.3 Å². The molecule has 0 aliphatic heterocycles. The van der Waals surface area contributed by atoms with Gasteiger partial charge in [-0.25, -0.2) is 13.1 Å². The van der Waals surface area contributed by atoms with Crippen molar-refractivity contribution in [2.45, 2.75) is 31.2 Å². The monoisotopic (exact) mass is 314 g/mol. The smallest absolute Gasteiger partial charge is 0.240 e. The molecule has 0 fully saturated rings. The van der Waals surface area contributed by atoms with Crippen molar-refractivity contribution in [3.8, 4) is 0 Å². The summed E-state index contributed by atoms with van der Waals surface area (Å²) in [6.07, 6.45) is 0.314. The van der Waals surface area contributed by atoms with E-state index in [-0.39, 0.29) is 16.8 Å². The Labute approximate surface area is 125 Å². The molecule has 118 valence electrons. The first-order valence-electron chi connectivity index (χ1n) is 6.62. The summed E-state index contributed by atoms with van der Waals surface area (Å²) in [4.78, 5) is 11.6. The Bertz CT molecular complexity index is 599. The molecular weight excluding hydrogens is 292 g/mol. The fourth-order valence-electron chi connectivity index (χ4n) is 1.69. The van der Waals surface area contributed by atoms with E-state index in [9.17, 15) is 13.2 Å². The van der Waals surface area contributed by atoms with Gasteiger partial charge in [-0.1, -0.05) is 0 Å². The molecule has 1 aromatic rings. The second kappa shape index (κ2) is 7.28. The molecule has 7 nitrogen and oxygen atoms in total. The molecule has 0 atom stereocenters. The van der Waals surface area contributed by atoms with E-state index in [1.54, 1.807) is 6.07 Å². The predicted octanol–water partition coefficient (Wildman–Crippen LogP) is 0.504. The van der Waals surface area contributed by atoms with Crippen LogP contribution < -0.4 is 21.1 Å². The van der Waals surface area contributed by atoms with Gasteiger partial charge in [0.2, 0.25) is 15.9 Å². The highest BCUT2D eigenvalue weighted by atomic mass is 32.2. The number of amides is 1. The van der Waals surface area contributed by atoms with E-state index in [1.165, 1.54) is 19.2 Å². The molecule has 0 unspecified atom stereocenters. The Kier molecular flexibility index (Phi) is 5.98. The van der Waals surface area contributed by atoms with E-state index >= 15 is 0 Å². The van der Waals surface area contributed by atoms with Gasteiger partial charge in [-0.3, -0.25) is 4.79 Å². The number of sulfonamides is 1. The Balaban J connectivity index is 2.64. The van der Waals surface area contributed by atoms with Crippen molar-refractivity contribution in [3.63, 3.8) is 0 Å². The first-order chi connectivity index (χ1) is 9.76. The highest BCUT2D eigenvalue weighted by Crippen LogP contribution is 2.22. The van der Waals surface area contributed by atoms with Crippen LogP contribution in [0.4, 0.5) is 11.4 Å². The number of hydrogen-bond acceptors (Lipinski definition) is 5. The molecular formula is C13H22N4O3S. The van der Waals surface area contributed by atoms with Gasteiger partial charge in [-0.2, -0.15) is 0 Å². The van der Waals surface area contributed by atoms with Crippen LogP contribution >= 0.6 is 0 Å². The third-order valence-corrected chi connectivity index (χ3v) is 4.13. The lowest BCUT2D eigenvalue weighted by molar-refractivity contribution is -0.121. The molecule has 0 heterocycles. The summed E-state index contributed by atoms with van der Waals surface area (Å²) < 4.78 is 25.5. The second-order valence-corrected chi connectivity index (χ2v) is 6.74. The van der Waals surface area contributed by atoms with Gasteiger partial charge in [-0.15, -0.1) is 0 Å². The van der Waals surface area contributed by atoms with Gasteiger partial charge in [0, 0.05) is 19.0 Å². The molecule has 5 N–H and O–H groups in total. The summed E-state index contributed by atoms with van der Waals surface area (Å²) in [7, 11) is -2.17. The molecule has 0 saturated carbocycles. The van der Waals surface area contributed by atoms with Crippen LogP contribution in [-0.2, 0) is 14.8 Å². The van der Waals surface area contributed by atoms with Crippen LogP contribution in [0.25, 0.3) is 0 Å². The van der Waals surface area contributed by atoms with Gasteiger partial charge in [0.15, 0.2) is 0 Å². The van der Waals surface area contributed by atoms with E-state index in [2.05, 4.69) is 15.4 Å². The summed E-state index contributed by atoms with van der Waals surface area (Å²) >= 11 is 0. The molecule has 1 aromatic carbocycles. The Morgan fingerprint density at radius 1 is 1.33 bits per heavy atom. The van der Waals surface area contributed by atoms with Crippen LogP contribution in [0.1, 0.15) is 20.3 Å². The van der Waals surface area contributed by atoms with Crippen molar-refractivity contribution in [2.75, 3.05) is 24.6 Å². The number of nitrogen functional groups attached to an aromatic ring is 1. The summed E-state index contributed by atoms with van der Waals surface area (Å²) in [5, 5.41) is 5.80. The molecule has 0 radical (unpaired) electrons. The van der Waals surface area contributed by atoms with Crippen molar-refractivity contribution in [2.24, 2.45) is 0 Å². The first-order valence-corrected chi connectivity index (χ1v) is 8.11. The van der Waals surface area contributed by atoms with Crippen molar-refractivity contribution in [3.05, 3.63) is 18.2 Å². The van der Waals surface area contributed by atoms with Crippen LogP contribution in [0.5, 0.6) is 0 Å². The predicted molar refractivity (Wildman–Crippen MR) is 83.5 cm³/mol. The van der Waals surface area contributed by atoms with Gasteiger partial charge in [0.25, 0.3) is 0 Å². The molecule has 0 aliphatic rings. The zero-order valence-electron chi connectivity index (χ0n) is 12.4.